The predicted molar refractivity (Wildman–Crippen MR) is 88.0 cm³/mol. The molecule has 2 aliphatic rings. The van der Waals surface area contributed by atoms with Crippen LogP contribution in [0.1, 0.15) is 31.4 Å². The van der Waals surface area contributed by atoms with Crippen LogP contribution in [0.3, 0.4) is 0 Å². The number of hydrogen-bond donors (Lipinski definition) is 1. The first-order chi connectivity index (χ1) is 11.8. The summed E-state index contributed by atoms with van der Waals surface area (Å²) in [5.74, 6) is 0.421. The minimum absolute atomic E-state index is 0.0589. The largest absolute Gasteiger partial charge is 0.433 e. The van der Waals surface area contributed by atoms with E-state index in [-0.39, 0.29) is 17.9 Å². The topological polar surface area (TPSA) is 62.5 Å². The van der Waals surface area contributed by atoms with Crippen molar-refractivity contribution in [2.45, 2.75) is 37.9 Å². The molecule has 0 spiro atoms. The van der Waals surface area contributed by atoms with Crippen molar-refractivity contribution in [3.05, 3.63) is 23.9 Å². The van der Waals surface area contributed by atoms with Crippen molar-refractivity contribution in [1.82, 2.24) is 9.88 Å². The Balaban J connectivity index is 1.58. The summed E-state index contributed by atoms with van der Waals surface area (Å²) in [5.41, 5.74) is 4.99. The highest BCUT2D eigenvalue weighted by molar-refractivity contribution is 5.79. The highest BCUT2D eigenvalue weighted by Gasteiger charge is 2.34. The van der Waals surface area contributed by atoms with Gasteiger partial charge in [-0.15, -0.1) is 0 Å². The molecule has 3 heterocycles. The summed E-state index contributed by atoms with van der Waals surface area (Å²) in [5, 5.41) is 0. The Morgan fingerprint density at radius 1 is 1.08 bits per heavy atom. The summed E-state index contributed by atoms with van der Waals surface area (Å²) in [6.07, 6.45) is -1.50. The Bertz CT molecular complexity index is 606. The molecule has 2 saturated heterocycles. The van der Waals surface area contributed by atoms with E-state index < -0.39 is 11.9 Å². The molecule has 1 amide bonds. The summed E-state index contributed by atoms with van der Waals surface area (Å²) >= 11 is 0. The Morgan fingerprint density at radius 3 is 2.32 bits per heavy atom. The van der Waals surface area contributed by atoms with Gasteiger partial charge >= 0.3 is 6.18 Å². The SMILES string of the molecule is NC1CCN(C(=O)C2CCN(c3cccc(C(F)(F)F)n3)CC2)CC1. The molecule has 0 aliphatic carbocycles. The van der Waals surface area contributed by atoms with Crippen LogP contribution < -0.4 is 10.6 Å². The predicted octanol–water partition coefficient (Wildman–Crippen LogP) is 2.27. The average molecular weight is 356 g/mol. The number of piperidine rings is 2. The minimum Gasteiger partial charge on any atom is -0.357 e. The maximum absolute atomic E-state index is 12.8. The average Bonchev–Trinajstić information content (AvgIpc) is 2.61. The summed E-state index contributed by atoms with van der Waals surface area (Å²) in [7, 11) is 0. The molecule has 2 N–H and O–H groups in total. The van der Waals surface area contributed by atoms with Crippen LogP contribution in [0.15, 0.2) is 18.2 Å². The zero-order valence-corrected chi connectivity index (χ0v) is 14.0. The molecule has 0 unspecified atom stereocenters. The maximum atomic E-state index is 12.8. The highest BCUT2D eigenvalue weighted by atomic mass is 19.4. The number of nitrogens with two attached hydrogens (primary N) is 1. The molecule has 138 valence electrons. The fraction of sp³-hybridized carbons (Fsp3) is 0.647. The summed E-state index contributed by atoms with van der Waals surface area (Å²) in [6, 6.07) is 4.11. The molecule has 0 aromatic carbocycles. The van der Waals surface area contributed by atoms with Gasteiger partial charge in [-0.25, -0.2) is 4.98 Å². The van der Waals surface area contributed by atoms with Gasteiger partial charge in [0.2, 0.25) is 5.91 Å². The number of hydrogen-bond acceptors (Lipinski definition) is 4. The van der Waals surface area contributed by atoms with Gasteiger partial charge in [0.25, 0.3) is 0 Å². The van der Waals surface area contributed by atoms with Gasteiger partial charge in [-0.05, 0) is 37.8 Å². The van der Waals surface area contributed by atoms with E-state index in [0.29, 0.717) is 44.8 Å². The van der Waals surface area contributed by atoms with Crippen molar-refractivity contribution in [3.63, 3.8) is 0 Å². The number of halogens is 3. The highest BCUT2D eigenvalue weighted by Crippen LogP contribution is 2.30. The number of pyridine rings is 1. The molecule has 2 aliphatic heterocycles. The van der Waals surface area contributed by atoms with E-state index in [1.807, 2.05) is 9.80 Å². The van der Waals surface area contributed by atoms with Gasteiger partial charge in [0.15, 0.2) is 0 Å². The number of carbonyl (C=O) groups is 1. The van der Waals surface area contributed by atoms with Crippen LogP contribution in [0.25, 0.3) is 0 Å². The number of carbonyl (C=O) groups excluding carboxylic acids is 1. The van der Waals surface area contributed by atoms with Crippen molar-refractivity contribution < 1.29 is 18.0 Å². The number of amides is 1. The monoisotopic (exact) mass is 356 g/mol. The van der Waals surface area contributed by atoms with Crippen LogP contribution in [0.2, 0.25) is 0 Å². The van der Waals surface area contributed by atoms with E-state index in [9.17, 15) is 18.0 Å². The van der Waals surface area contributed by atoms with Crippen LogP contribution >= 0.6 is 0 Å². The first-order valence-electron chi connectivity index (χ1n) is 8.68. The third-order valence-corrected chi connectivity index (χ3v) is 5.04. The molecule has 2 fully saturated rings. The van der Waals surface area contributed by atoms with E-state index in [1.54, 1.807) is 6.07 Å². The number of rotatable bonds is 2. The van der Waals surface area contributed by atoms with Crippen molar-refractivity contribution >= 4 is 11.7 Å². The number of alkyl halides is 3. The lowest BCUT2D eigenvalue weighted by Crippen LogP contribution is -2.47. The summed E-state index contributed by atoms with van der Waals surface area (Å²) in [6.45, 7) is 2.49. The van der Waals surface area contributed by atoms with Gasteiger partial charge in [0.05, 0.1) is 0 Å². The first-order valence-corrected chi connectivity index (χ1v) is 8.68. The van der Waals surface area contributed by atoms with Crippen molar-refractivity contribution in [2.75, 3.05) is 31.1 Å². The normalized spacial score (nSPS) is 20.8. The van der Waals surface area contributed by atoms with Crippen LogP contribution in [0.5, 0.6) is 0 Å². The quantitative estimate of drug-likeness (QED) is 0.883. The zero-order chi connectivity index (χ0) is 18.0. The lowest BCUT2D eigenvalue weighted by atomic mass is 9.94. The third-order valence-electron chi connectivity index (χ3n) is 5.04. The molecule has 3 rings (SSSR count). The van der Waals surface area contributed by atoms with Gasteiger partial charge in [-0.3, -0.25) is 4.79 Å². The van der Waals surface area contributed by atoms with Crippen LogP contribution in [0.4, 0.5) is 19.0 Å². The van der Waals surface area contributed by atoms with Crippen LogP contribution in [-0.2, 0) is 11.0 Å². The first kappa shape index (κ1) is 18.0. The fourth-order valence-electron chi connectivity index (χ4n) is 3.49. The molecule has 5 nitrogen and oxygen atoms in total. The van der Waals surface area contributed by atoms with Crippen molar-refractivity contribution in [3.8, 4) is 0 Å². The maximum Gasteiger partial charge on any atom is 0.433 e. The molecular formula is C17H23F3N4O. The minimum atomic E-state index is -4.45. The van der Waals surface area contributed by atoms with Gasteiger partial charge in [0, 0.05) is 38.1 Å². The molecular weight excluding hydrogens is 333 g/mol. The second-order valence-corrected chi connectivity index (χ2v) is 6.80. The standard InChI is InChI=1S/C17H23F3N4O/c18-17(19,20)14-2-1-3-15(22-14)23-8-4-12(5-9-23)16(25)24-10-6-13(21)7-11-24/h1-3,12-13H,4-11,21H2. The van der Waals surface area contributed by atoms with Gasteiger partial charge < -0.3 is 15.5 Å². The number of aromatic nitrogens is 1. The summed E-state index contributed by atoms with van der Waals surface area (Å²) < 4.78 is 38.4. The molecule has 1 aromatic heterocycles. The van der Waals surface area contributed by atoms with E-state index in [2.05, 4.69) is 4.98 Å². The second-order valence-electron chi connectivity index (χ2n) is 6.80. The van der Waals surface area contributed by atoms with Gasteiger partial charge in [-0.2, -0.15) is 13.2 Å². The van der Waals surface area contributed by atoms with E-state index >= 15 is 0 Å². The molecule has 0 saturated carbocycles. The van der Waals surface area contributed by atoms with Crippen LogP contribution in [0, 0.1) is 5.92 Å². The molecule has 0 radical (unpaired) electrons. The summed E-state index contributed by atoms with van der Waals surface area (Å²) in [4.78, 5) is 20.0. The molecule has 1 aromatic rings. The third kappa shape index (κ3) is 4.23. The second kappa shape index (κ2) is 7.19. The number of nitrogens with zero attached hydrogens (tertiary/aromatic N) is 3. The fourth-order valence-corrected chi connectivity index (χ4v) is 3.49. The Kier molecular flexibility index (Phi) is 5.17. The van der Waals surface area contributed by atoms with Crippen molar-refractivity contribution in [1.29, 1.82) is 0 Å². The molecule has 25 heavy (non-hydrogen) atoms. The Morgan fingerprint density at radius 2 is 1.72 bits per heavy atom. The van der Waals surface area contributed by atoms with Gasteiger partial charge in [0.1, 0.15) is 11.5 Å². The number of anilines is 1. The van der Waals surface area contributed by atoms with E-state index in [4.69, 9.17) is 5.73 Å². The lowest BCUT2D eigenvalue weighted by molar-refractivity contribution is -0.141. The molecule has 0 atom stereocenters. The molecule has 0 bridgehead atoms. The Labute approximate surface area is 145 Å². The molecule has 8 heteroatoms. The zero-order valence-electron chi connectivity index (χ0n) is 14.0. The van der Waals surface area contributed by atoms with Crippen molar-refractivity contribution in [2.24, 2.45) is 11.7 Å². The van der Waals surface area contributed by atoms with E-state index in [1.165, 1.54) is 6.07 Å². The van der Waals surface area contributed by atoms with Crippen LogP contribution in [-0.4, -0.2) is 48.0 Å². The number of likely N-dealkylation sites (tertiary alicyclic amines) is 1. The Hall–Kier alpha value is -1.83. The van der Waals surface area contributed by atoms with Gasteiger partial charge in [-0.1, -0.05) is 6.07 Å². The smallest absolute Gasteiger partial charge is 0.357 e. The lowest BCUT2D eigenvalue weighted by Gasteiger charge is -2.37. The van der Waals surface area contributed by atoms with E-state index in [0.717, 1.165) is 18.9 Å².